The molecule has 1 unspecified atom stereocenters. The first-order valence-corrected chi connectivity index (χ1v) is 12.4. The van der Waals surface area contributed by atoms with Gasteiger partial charge in [0.15, 0.2) is 6.10 Å². The summed E-state index contributed by atoms with van der Waals surface area (Å²) in [5.41, 5.74) is 3.08. The van der Waals surface area contributed by atoms with Crippen molar-refractivity contribution in [2.75, 3.05) is 19.7 Å². The second kappa shape index (κ2) is 11.1. The van der Waals surface area contributed by atoms with Gasteiger partial charge in [-0.25, -0.2) is 4.98 Å². The van der Waals surface area contributed by atoms with Gasteiger partial charge in [-0.15, -0.1) is 0 Å². The molecule has 38 heavy (non-hydrogen) atoms. The summed E-state index contributed by atoms with van der Waals surface area (Å²) in [7, 11) is 0. The van der Waals surface area contributed by atoms with Crippen LogP contribution in [0.15, 0.2) is 36.7 Å². The Morgan fingerprint density at radius 3 is 2.68 bits per heavy atom. The Morgan fingerprint density at radius 2 is 2.03 bits per heavy atom. The van der Waals surface area contributed by atoms with Crippen LogP contribution < -0.4 is 4.74 Å². The highest BCUT2D eigenvalue weighted by atomic mass is 19.4. The highest BCUT2D eigenvalue weighted by molar-refractivity contribution is 5.89. The molecule has 0 aromatic carbocycles. The number of alkyl halides is 3. The molecule has 2 aliphatic rings. The Balaban J connectivity index is 0.000000206. The number of morpholine rings is 1. The second-order valence-electron chi connectivity index (χ2n) is 9.47. The molecule has 204 valence electrons. The van der Waals surface area contributed by atoms with E-state index < -0.39 is 17.7 Å². The highest BCUT2D eigenvalue weighted by Crippen LogP contribution is 2.47. The third-order valence-electron chi connectivity index (χ3n) is 6.99. The van der Waals surface area contributed by atoms with Gasteiger partial charge in [-0.3, -0.25) is 19.7 Å². The Hall–Kier alpha value is -3.54. The van der Waals surface area contributed by atoms with Crippen LogP contribution in [0.5, 0.6) is 5.88 Å². The predicted octanol–water partition coefficient (Wildman–Crippen LogP) is 3.92. The maximum atomic E-state index is 12.3. The van der Waals surface area contributed by atoms with Crippen molar-refractivity contribution >= 4 is 22.7 Å². The molecule has 0 spiro atoms. The van der Waals surface area contributed by atoms with Gasteiger partial charge in [0, 0.05) is 43.8 Å². The van der Waals surface area contributed by atoms with Crippen LogP contribution in [0.4, 0.5) is 13.2 Å². The van der Waals surface area contributed by atoms with Crippen molar-refractivity contribution in [3.05, 3.63) is 47.9 Å². The van der Waals surface area contributed by atoms with Gasteiger partial charge in [0.2, 0.25) is 11.8 Å². The summed E-state index contributed by atoms with van der Waals surface area (Å²) >= 11 is 0. The molecule has 2 fully saturated rings. The molecule has 9 nitrogen and oxygen atoms in total. The van der Waals surface area contributed by atoms with Crippen LogP contribution in [0, 0.1) is 6.92 Å². The SMILES string of the molecule is CC(=O)C1(c2cccnc2C)CC(Oc2ccc3[nH]ncc3n2)C1.CCC(=O)N1CCOC(C(F)(F)F)C1. The summed E-state index contributed by atoms with van der Waals surface area (Å²) in [5.74, 6) is 0.466. The average molecular weight is 534 g/mol. The normalized spacial score (nSPS) is 23.3. The van der Waals surface area contributed by atoms with Gasteiger partial charge in [-0.2, -0.15) is 18.3 Å². The number of nitrogens with zero attached hydrogens (tertiary/aromatic N) is 4. The van der Waals surface area contributed by atoms with Crippen LogP contribution in [0.3, 0.4) is 0 Å². The lowest BCUT2D eigenvalue weighted by atomic mass is 9.60. The topological polar surface area (TPSA) is 110 Å². The van der Waals surface area contributed by atoms with E-state index in [4.69, 9.17) is 4.74 Å². The van der Waals surface area contributed by atoms with Crippen molar-refractivity contribution in [3.8, 4) is 5.88 Å². The van der Waals surface area contributed by atoms with E-state index in [1.165, 1.54) is 4.90 Å². The molecule has 1 amide bonds. The van der Waals surface area contributed by atoms with Crippen LogP contribution in [-0.4, -0.2) is 74.8 Å². The minimum absolute atomic E-state index is 0.0228. The van der Waals surface area contributed by atoms with Crippen LogP contribution in [0.25, 0.3) is 11.0 Å². The van der Waals surface area contributed by atoms with E-state index in [9.17, 15) is 22.8 Å². The van der Waals surface area contributed by atoms with E-state index >= 15 is 0 Å². The molecule has 1 aliphatic heterocycles. The van der Waals surface area contributed by atoms with Crippen LogP contribution >= 0.6 is 0 Å². The summed E-state index contributed by atoms with van der Waals surface area (Å²) in [6.45, 7) is 5.05. The maximum absolute atomic E-state index is 12.3. The number of H-pyrrole nitrogens is 1. The number of carbonyl (C=O) groups is 2. The number of pyridine rings is 2. The molecule has 1 N–H and O–H groups in total. The number of hydrogen-bond donors (Lipinski definition) is 1. The van der Waals surface area contributed by atoms with Crippen molar-refractivity contribution in [1.29, 1.82) is 0 Å². The molecule has 0 radical (unpaired) electrons. The van der Waals surface area contributed by atoms with Crippen molar-refractivity contribution in [3.63, 3.8) is 0 Å². The standard InChI is InChI=1S/C18H18N4O2.C8H12F3NO2/c1-11-14(4-3-7-19-11)18(12(2)23)8-13(9-18)24-17-6-5-15-16(21-17)10-20-22-15;1-2-7(13)12-3-4-14-6(5-12)8(9,10)11/h3-7,10,13H,8-9H2,1-2H3,(H,20,22);6H,2-5H2,1H3. The Morgan fingerprint density at radius 1 is 1.26 bits per heavy atom. The lowest BCUT2D eigenvalue weighted by molar-refractivity contribution is -0.236. The van der Waals surface area contributed by atoms with Crippen LogP contribution in [-0.2, 0) is 19.7 Å². The van der Waals surface area contributed by atoms with Crippen molar-refractivity contribution in [2.24, 2.45) is 0 Å². The Kier molecular flexibility index (Phi) is 8.00. The zero-order valence-electron chi connectivity index (χ0n) is 21.4. The van der Waals surface area contributed by atoms with Crippen LogP contribution in [0.2, 0.25) is 0 Å². The number of rotatable bonds is 5. The number of fused-ring (bicyclic) bond motifs is 1. The van der Waals surface area contributed by atoms with Crippen molar-refractivity contribution in [2.45, 2.75) is 63.8 Å². The molecule has 12 heteroatoms. The number of Topliss-reactive ketones (excluding diaryl/α,β-unsaturated/α-hetero) is 1. The molecule has 1 saturated carbocycles. The number of amides is 1. The van der Waals surface area contributed by atoms with Gasteiger partial charge >= 0.3 is 6.18 Å². The lowest BCUT2D eigenvalue weighted by Crippen LogP contribution is -2.52. The molecule has 3 aromatic heterocycles. The number of aromatic nitrogens is 4. The maximum Gasteiger partial charge on any atom is 0.416 e. The number of carbonyl (C=O) groups excluding carboxylic acids is 2. The van der Waals surface area contributed by atoms with Crippen molar-refractivity contribution < 1.29 is 32.2 Å². The fraction of sp³-hybridized carbons (Fsp3) is 0.500. The predicted molar refractivity (Wildman–Crippen MR) is 132 cm³/mol. The van der Waals surface area contributed by atoms with Gasteiger partial charge in [0.1, 0.15) is 17.4 Å². The summed E-state index contributed by atoms with van der Waals surface area (Å²) in [5, 5.41) is 6.82. The third-order valence-corrected chi connectivity index (χ3v) is 6.99. The molecule has 3 aromatic rings. The molecule has 1 atom stereocenters. The fourth-order valence-corrected chi connectivity index (χ4v) is 4.83. The molecule has 0 bridgehead atoms. The first-order chi connectivity index (χ1) is 18.0. The molecule has 1 aliphatic carbocycles. The Labute approximate surface area is 217 Å². The van der Waals surface area contributed by atoms with E-state index in [-0.39, 0.29) is 43.9 Å². The van der Waals surface area contributed by atoms with E-state index in [1.807, 2.05) is 31.2 Å². The second-order valence-corrected chi connectivity index (χ2v) is 9.47. The fourth-order valence-electron chi connectivity index (χ4n) is 4.83. The smallest absolute Gasteiger partial charge is 0.416 e. The zero-order valence-corrected chi connectivity index (χ0v) is 21.4. The van der Waals surface area contributed by atoms with E-state index in [2.05, 4.69) is 24.9 Å². The average Bonchev–Trinajstić information content (AvgIpc) is 3.34. The minimum Gasteiger partial charge on any atom is -0.474 e. The zero-order chi connectivity index (χ0) is 27.5. The monoisotopic (exact) mass is 533 g/mol. The highest BCUT2D eigenvalue weighted by Gasteiger charge is 2.51. The first-order valence-electron chi connectivity index (χ1n) is 12.4. The number of ether oxygens (including phenoxy) is 2. The Bertz CT molecular complexity index is 1290. The number of aromatic amines is 1. The number of ketones is 1. The largest absolute Gasteiger partial charge is 0.474 e. The number of hydrogen-bond acceptors (Lipinski definition) is 7. The number of halogens is 3. The van der Waals surface area contributed by atoms with Gasteiger partial charge in [0.25, 0.3) is 0 Å². The van der Waals surface area contributed by atoms with E-state index in [0.717, 1.165) is 22.3 Å². The molecular formula is C26H30F3N5O4. The number of nitrogens with one attached hydrogen (secondary N) is 1. The summed E-state index contributed by atoms with van der Waals surface area (Å²) < 4.78 is 47.2. The van der Waals surface area contributed by atoms with Crippen molar-refractivity contribution in [1.82, 2.24) is 25.1 Å². The molecule has 4 heterocycles. The molecule has 1 saturated heterocycles. The van der Waals surface area contributed by atoms with Gasteiger partial charge in [-0.05, 0) is 31.5 Å². The van der Waals surface area contributed by atoms with Crippen LogP contribution in [0.1, 0.15) is 44.4 Å². The van der Waals surface area contributed by atoms with Gasteiger partial charge in [0.05, 0.1) is 30.3 Å². The molecule has 5 rings (SSSR count). The minimum atomic E-state index is -4.38. The lowest BCUT2D eigenvalue weighted by Gasteiger charge is -2.46. The first kappa shape index (κ1) is 27.5. The quantitative estimate of drug-likeness (QED) is 0.529. The number of aryl methyl sites for hydroxylation is 1. The van der Waals surface area contributed by atoms with Gasteiger partial charge in [-0.1, -0.05) is 13.0 Å². The summed E-state index contributed by atoms with van der Waals surface area (Å²) in [4.78, 5) is 33.4. The van der Waals surface area contributed by atoms with Gasteiger partial charge < -0.3 is 14.4 Å². The van der Waals surface area contributed by atoms with E-state index in [0.29, 0.717) is 18.7 Å². The van der Waals surface area contributed by atoms with E-state index in [1.54, 1.807) is 26.2 Å². The third kappa shape index (κ3) is 5.79. The molecular weight excluding hydrogens is 503 g/mol. The summed E-state index contributed by atoms with van der Waals surface area (Å²) in [6.07, 6.45) is -1.28. The summed E-state index contributed by atoms with van der Waals surface area (Å²) in [6, 6.07) is 7.60.